The van der Waals surface area contributed by atoms with Crippen LogP contribution in [-0.4, -0.2) is 36.2 Å². The van der Waals surface area contributed by atoms with E-state index in [-0.39, 0.29) is 29.6 Å². The van der Waals surface area contributed by atoms with Crippen molar-refractivity contribution in [2.45, 2.75) is 34.0 Å². The molecule has 0 aliphatic rings. The maximum absolute atomic E-state index is 13.6. The molecule has 1 heterocycles. The summed E-state index contributed by atoms with van der Waals surface area (Å²) in [5, 5.41) is 2.45. The van der Waals surface area contributed by atoms with Crippen molar-refractivity contribution in [1.29, 1.82) is 0 Å². The van der Waals surface area contributed by atoms with E-state index in [0.29, 0.717) is 11.3 Å². The molecule has 0 fully saturated rings. The molecule has 0 radical (unpaired) electrons. The second-order valence-electron chi connectivity index (χ2n) is 5.75. The van der Waals surface area contributed by atoms with Crippen LogP contribution in [0.1, 0.15) is 33.3 Å². The molecule has 10 heteroatoms. The average molecular weight is 421 g/mol. The van der Waals surface area contributed by atoms with Crippen molar-refractivity contribution in [3.05, 3.63) is 65.2 Å². The van der Waals surface area contributed by atoms with Gasteiger partial charge in [-0.3, -0.25) is 14.5 Å². The molecule has 30 heavy (non-hydrogen) atoms. The SMILES string of the molecule is C=N/C(N)=C(\N=C(C)c1cccnc1)C(=O)NC(/C=C\C)=C(/C)OC(F)(F)OCC. The maximum Gasteiger partial charge on any atom is 0.535 e. The summed E-state index contributed by atoms with van der Waals surface area (Å²) in [6.45, 7) is 8.99. The molecule has 162 valence electrons. The highest BCUT2D eigenvalue weighted by Gasteiger charge is 2.34. The normalized spacial score (nSPS) is 14.1. The quantitative estimate of drug-likeness (QED) is 0.198. The van der Waals surface area contributed by atoms with Crippen LogP contribution in [0.2, 0.25) is 0 Å². The fourth-order valence-corrected chi connectivity index (χ4v) is 2.13. The Balaban J connectivity index is 3.26. The van der Waals surface area contributed by atoms with Gasteiger partial charge in [0.05, 0.1) is 12.3 Å². The molecule has 0 aliphatic heterocycles. The summed E-state index contributed by atoms with van der Waals surface area (Å²) in [5.74, 6) is -1.31. The first kappa shape index (κ1) is 24.6. The molecule has 0 spiro atoms. The number of pyridine rings is 1. The van der Waals surface area contributed by atoms with Gasteiger partial charge in [0, 0.05) is 23.7 Å². The minimum absolute atomic E-state index is 0.0366. The Kier molecular flexibility index (Phi) is 9.50. The van der Waals surface area contributed by atoms with Crippen molar-refractivity contribution in [3.8, 4) is 0 Å². The average Bonchev–Trinajstić information content (AvgIpc) is 2.70. The Labute approximate surface area is 173 Å². The molecular weight excluding hydrogens is 396 g/mol. The van der Waals surface area contributed by atoms with E-state index in [0.717, 1.165) is 0 Å². The van der Waals surface area contributed by atoms with E-state index < -0.39 is 12.2 Å². The number of ether oxygens (including phenoxy) is 2. The van der Waals surface area contributed by atoms with Gasteiger partial charge < -0.3 is 15.8 Å². The second-order valence-corrected chi connectivity index (χ2v) is 5.75. The van der Waals surface area contributed by atoms with Crippen LogP contribution in [0.5, 0.6) is 0 Å². The molecule has 0 saturated carbocycles. The molecule has 0 aliphatic carbocycles. The van der Waals surface area contributed by atoms with Crippen molar-refractivity contribution in [2.24, 2.45) is 15.7 Å². The predicted octanol–water partition coefficient (Wildman–Crippen LogP) is 3.25. The van der Waals surface area contributed by atoms with Crippen molar-refractivity contribution in [3.63, 3.8) is 0 Å². The molecule has 8 nitrogen and oxygen atoms in total. The number of carbonyl (C=O) groups excluding carboxylic acids is 1. The molecule has 1 aromatic rings. The van der Waals surface area contributed by atoms with Crippen molar-refractivity contribution < 1.29 is 23.0 Å². The summed E-state index contributed by atoms with van der Waals surface area (Å²) in [5.41, 5.74) is 6.57. The third kappa shape index (κ3) is 7.55. The highest BCUT2D eigenvalue weighted by Crippen LogP contribution is 2.22. The zero-order chi connectivity index (χ0) is 22.7. The Morgan fingerprint density at radius 2 is 2.13 bits per heavy atom. The lowest BCUT2D eigenvalue weighted by molar-refractivity contribution is -0.376. The Hall–Kier alpha value is -3.40. The zero-order valence-electron chi connectivity index (χ0n) is 17.3. The van der Waals surface area contributed by atoms with Gasteiger partial charge in [-0.15, -0.1) is 8.78 Å². The van der Waals surface area contributed by atoms with Gasteiger partial charge in [0.25, 0.3) is 5.91 Å². The van der Waals surface area contributed by atoms with Gasteiger partial charge >= 0.3 is 6.29 Å². The topological polar surface area (TPSA) is 111 Å². The number of nitrogens with two attached hydrogens (primary N) is 1. The number of hydrogen-bond donors (Lipinski definition) is 2. The van der Waals surface area contributed by atoms with Crippen LogP contribution in [0.4, 0.5) is 8.78 Å². The van der Waals surface area contributed by atoms with Gasteiger partial charge in [-0.25, -0.2) is 9.98 Å². The maximum atomic E-state index is 13.6. The lowest BCUT2D eigenvalue weighted by Gasteiger charge is -2.19. The minimum atomic E-state index is -3.86. The van der Waals surface area contributed by atoms with Crippen LogP contribution in [0, 0.1) is 0 Å². The van der Waals surface area contributed by atoms with E-state index >= 15 is 0 Å². The summed E-state index contributed by atoms with van der Waals surface area (Å²) < 4.78 is 36.0. The summed E-state index contributed by atoms with van der Waals surface area (Å²) in [4.78, 5) is 24.6. The molecule has 1 aromatic heterocycles. The van der Waals surface area contributed by atoms with Crippen LogP contribution in [-0.2, 0) is 14.3 Å². The van der Waals surface area contributed by atoms with Gasteiger partial charge in [-0.05, 0) is 46.6 Å². The van der Waals surface area contributed by atoms with Gasteiger partial charge in [-0.2, -0.15) is 0 Å². The van der Waals surface area contributed by atoms with E-state index in [9.17, 15) is 13.6 Å². The highest BCUT2D eigenvalue weighted by molar-refractivity contribution is 6.04. The van der Waals surface area contributed by atoms with Crippen molar-refractivity contribution >= 4 is 18.3 Å². The van der Waals surface area contributed by atoms with Gasteiger partial charge in [0.1, 0.15) is 5.76 Å². The fraction of sp³-hybridized carbons (Fsp3) is 0.300. The number of allylic oxidation sites excluding steroid dienone is 3. The third-order valence-corrected chi connectivity index (χ3v) is 3.53. The molecule has 0 unspecified atom stereocenters. The van der Waals surface area contributed by atoms with E-state index in [1.54, 1.807) is 38.4 Å². The molecule has 1 amide bonds. The van der Waals surface area contributed by atoms with Crippen LogP contribution in [0.15, 0.2) is 69.6 Å². The Bertz CT molecular complexity index is 878. The summed E-state index contributed by atoms with van der Waals surface area (Å²) in [6.07, 6.45) is 2.21. The van der Waals surface area contributed by atoms with E-state index in [1.165, 1.54) is 26.0 Å². The lowest BCUT2D eigenvalue weighted by atomic mass is 10.2. The van der Waals surface area contributed by atoms with Gasteiger partial charge in [-0.1, -0.05) is 12.1 Å². The number of halogens is 2. The Morgan fingerprint density at radius 3 is 2.67 bits per heavy atom. The zero-order valence-corrected chi connectivity index (χ0v) is 17.3. The van der Waals surface area contributed by atoms with E-state index in [1.807, 2.05) is 0 Å². The molecule has 0 saturated heterocycles. The van der Waals surface area contributed by atoms with Gasteiger partial charge in [0.2, 0.25) is 0 Å². The first-order valence-corrected chi connectivity index (χ1v) is 8.93. The number of hydrogen-bond acceptors (Lipinski definition) is 7. The van der Waals surface area contributed by atoms with Crippen LogP contribution < -0.4 is 11.1 Å². The highest BCUT2D eigenvalue weighted by atomic mass is 19.3. The molecule has 0 bridgehead atoms. The van der Waals surface area contributed by atoms with Crippen molar-refractivity contribution in [1.82, 2.24) is 10.3 Å². The van der Waals surface area contributed by atoms with Crippen LogP contribution >= 0.6 is 0 Å². The number of rotatable bonds is 10. The summed E-state index contributed by atoms with van der Waals surface area (Å²) >= 11 is 0. The molecule has 1 rings (SSSR count). The van der Waals surface area contributed by atoms with Crippen LogP contribution in [0.25, 0.3) is 0 Å². The first-order valence-electron chi connectivity index (χ1n) is 8.93. The number of aliphatic imine (C=N–C) groups is 2. The predicted molar refractivity (Wildman–Crippen MR) is 111 cm³/mol. The number of amides is 1. The first-order chi connectivity index (χ1) is 14.1. The number of nitrogens with one attached hydrogen (secondary N) is 1. The summed E-state index contributed by atoms with van der Waals surface area (Å²) in [7, 11) is 0. The molecule has 0 aromatic carbocycles. The second kappa shape index (κ2) is 11.6. The van der Waals surface area contributed by atoms with Crippen molar-refractivity contribution in [2.75, 3.05) is 6.61 Å². The van der Waals surface area contributed by atoms with E-state index in [2.05, 4.69) is 36.5 Å². The van der Waals surface area contributed by atoms with Gasteiger partial charge in [0.15, 0.2) is 11.5 Å². The van der Waals surface area contributed by atoms with E-state index in [4.69, 9.17) is 5.73 Å². The number of alkyl halides is 2. The lowest BCUT2D eigenvalue weighted by Crippen LogP contribution is -2.29. The molecule has 0 atom stereocenters. The molecular formula is C20H25F2N5O3. The largest absolute Gasteiger partial charge is 0.535 e. The summed E-state index contributed by atoms with van der Waals surface area (Å²) in [6, 6.07) is 3.46. The number of aromatic nitrogens is 1. The van der Waals surface area contributed by atoms with Crippen LogP contribution in [0.3, 0.4) is 0 Å². The number of nitrogens with zero attached hydrogens (tertiary/aromatic N) is 3. The fourth-order valence-electron chi connectivity index (χ4n) is 2.13. The third-order valence-electron chi connectivity index (χ3n) is 3.53. The smallest absolute Gasteiger partial charge is 0.412 e. The monoisotopic (exact) mass is 421 g/mol. The standard InChI is InChI=1S/C20H25F2N5O3/c1-6-9-16(14(4)30-20(21,22)29-7-2)27-19(28)17(18(23)24-5)26-13(3)15-10-8-11-25-12-15/h6,8-12H,5,7,23H2,1-4H3,(H,27,28)/b9-6-,16-14-,18-17-,26-13?. The number of carbonyl (C=O) groups is 1. The Morgan fingerprint density at radius 1 is 1.43 bits per heavy atom. The molecule has 3 N–H and O–H groups in total. The minimum Gasteiger partial charge on any atom is -0.412 e.